The number of ether oxygens (including phenoxy) is 1. The Balaban J connectivity index is 2.45. The summed E-state index contributed by atoms with van der Waals surface area (Å²) in [6.45, 7) is -1.23. The Hall–Kier alpha value is -1.40. The normalized spacial score (nSPS) is 10.6. The van der Waals surface area contributed by atoms with Gasteiger partial charge in [0.25, 0.3) is 6.43 Å². The SMILES string of the molecule is Nc1cc(Cl)ccc1NC(=O)COCC(F)F. The third kappa shape index (κ3) is 4.97. The van der Waals surface area contributed by atoms with Gasteiger partial charge in [0.05, 0.1) is 11.4 Å². The van der Waals surface area contributed by atoms with E-state index in [-0.39, 0.29) is 0 Å². The van der Waals surface area contributed by atoms with Gasteiger partial charge in [-0.25, -0.2) is 8.78 Å². The van der Waals surface area contributed by atoms with Crippen molar-refractivity contribution in [1.29, 1.82) is 0 Å². The molecule has 0 spiro atoms. The first kappa shape index (κ1) is 13.7. The van der Waals surface area contributed by atoms with Crippen LogP contribution in [0.2, 0.25) is 5.02 Å². The van der Waals surface area contributed by atoms with Gasteiger partial charge in [0.15, 0.2) is 0 Å². The number of benzene rings is 1. The summed E-state index contributed by atoms with van der Waals surface area (Å²) >= 11 is 5.67. The molecule has 0 aliphatic rings. The summed E-state index contributed by atoms with van der Waals surface area (Å²) in [7, 11) is 0. The minimum absolute atomic E-state index is 0.291. The average molecular weight is 265 g/mol. The second-order valence-electron chi connectivity index (χ2n) is 3.19. The first-order chi connectivity index (χ1) is 7.99. The number of nitrogens with two attached hydrogens (primary N) is 1. The van der Waals surface area contributed by atoms with Crippen LogP contribution >= 0.6 is 11.6 Å². The van der Waals surface area contributed by atoms with Crippen LogP contribution in [0.5, 0.6) is 0 Å². The van der Waals surface area contributed by atoms with Gasteiger partial charge in [-0.05, 0) is 18.2 Å². The summed E-state index contributed by atoms with van der Waals surface area (Å²) in [5.41, 5.74) is 6.24. The van der Waals surface area contributed by atoms with E-state index in [0.29, 0.717) is 16.4 Å². The van der Waals surface area contributed by atoms with E-state index in [1.807, 2.05) is 0 Å². The summed E-state index contributed by atoms with van der Waals surface area (Å²) in [6, 6.07) is 4.54. The van der Waals surface area contributed by atoms with Crippen LogP contribution in [-0.4, -0.2) is 25.5 Å². The molecule has 0 saturated carbocycles. The molecular formula is C10H11ClF2N2O2. The van der Waals surface area contributed by atoms with E-state index >= 15 is 0 Å². The lowest BCUT2D eigenvalue weighted by atomic mass is 10.2. The van der Waals surface area contributed by atoms with E-state index < -0.39 is 25.5 Å². The van der Waals surface area contributed by atoms with Crippen LogP contribution in [0, 0.1) is 0 Å². The molecule has 0 fully saturated rings. The Morgan fingerprint density at radius 1 is 1.53 bits per heavy atom. The summed E-state index contributed by atoms with van der Waals surface area (Å²) in [5.74, 6) is -0.556. The molecule has 0 unspecified atom stereocenters. The molecule has 0 saturated heterocycles. The number of amides is 1. The van der Waals surface area contributed by atoms with Gasteiger partial charge in [0.2, 0.25) is 5.91 Å². The Kier molecular flexibility index (Phi) is 5.11. The van der Waals surface area contributed by atoms with Crippen LogP contribution in [0.15, 0.2) is 18.2 Å². The zero-order chi connectivity index (χ0) is 12.8. The zero-order valence-electron chi connectivity index (χ0n) is 8.75. The van der Waals surface area contributed by atoms with Crippen LogP contribution in [0.25, 0.3) is 0 Å². The van der Waals surface area contributed by atoms with Gasteiger partial charge in [-0.3, -0.25) is 4.79 Å². The Morgan fingerprint density at radius 2 is 2.24 bits per heavy atom. The number of halogens is 3. The standard InChI is InChI=1S/C10H11ClF2N2O2/c11-6-1-2-8(7(14)3-6)15-10(16)5-17-4-9(12)13/h1-3,9H,4-5,14H2,(H,15,16). The third-order valence-electron chi connectivity index (χ3n) is 1.76. The fourth-order valence-corrected chi connectivity index (χ4v) is 1.25. The van der Waals surface area contributed by atoms with Gasteiger partial charge in [0, 0.05) is 5.02 Å². The van der Waals surface area contributed by atoms with Crippen LogP contribution in [-0.2, 0) is 9.53 Å². The van der Waals surface area contributed by atoms with Crippen molar-refractivity contribution in [2.45, 2.75) is 6.43 Å². The molecule has 0 atom stereocenters. The van der Waals surface area contributed by atoms with E-state index in [4.69, 9.17) is 17.3 Å². The lowest BCUT2D eigenvalue weighted by Crippen LogP contribution is -2.20. The van der Waals surface area contributed by atoms with Gasteiger partial charge >= 0.3 is 0 Å². The number of nitrogens with one attached hydrogen (secondary N) is 1. The molecule has 7 heteroatoms. The van der Waals surface area contributed by atoms with Crippen molar-refractivity contribution in [2.75, 3.05) is 24.3 Å². The molecule has 4 nitrogen and oxygen atoms in total. The van der Waals surface area contributed by atoms with Crippen molar-refractivity contribution in [2.24, 2.45) is 0 Å². The molecule has 1 aromatic carbocycles. The molecule has 1 aromatic rings. The van der Waals surface area contributed by atoms with Gasteiger partial charge in [-0.15, -0.1) is 0 Å². The molecular weight excluding hydrogens is 254 g/mol. The summed E-state index contributed by atoms with van der Waals surface area (Å²) in [6.07, 6.45) is -2.59. The molecule has 0 heterocycles. The molecule has 0 aliphatic heterocycles. The van der Waals surface area contributed by atoms with Crippen LogP contribution in [0.1, 0.15) is 0 Å². The van der Waals surface area contributed by atoms with Crippen LogP contribution in [0.3, 0.4) is 0 Å². The number of carbonyl (C=O) groups excluding carboxylic acids is 1. The van der Waals surface area contributed by atoms with Crippen LogP contribution < -0.4 is 11.1 Å². The van der Waals surface area contributed by atoms with E-state index in [1.54, 1.807) is 6.07 Å². The number of hydrogen-bond acceptors (Lipinski definition) is 3. The van der Waals surface area contributed by atoms with Crippen molar-refractivity contribution in [3.8, 4) is 0 Å². The quantitative estimate of drug-likeness (QED) is 0.801. The minimum atomic E-state index is -2.59. The lowest BCUT2D eigenvalue weighted by Gasteiger charge is -2.08. The molecule has 0 aliphatic carbocycles. The Bertz CT molecular complexity index is 402. The van der Waals surface area contributed by atoms with Gasteiger partial charge in [-0.2, -0.15) is 0 Å². The molecule has 17 heavy (non-hydrogen) atoms. The smallest absolute Gasteiger partial charge is 0.261 e. The molecule has 3 N–H and O–H groups in total. The van der Waals surface area contributed by atoms with Crippen molar-refractivity contribution in [1.82, 2.24) is 0 Å². The van der Waals surface area contributed by atoms with Gasteiger partial charge in [-0.1, -0.05) is 11.6 Å². The highest BCUT2D eigenvalue weighted by molar-refractivity contribution is 6.31. The highest BCUT2D eigenvalue weighted by atomic mass is 35.5. The molecule has 94 valence electrons. The Labute approximate surface area is 102 Å². The van der Waals surface area contributed by atoms with E-state index in [0.717, 1.165) is 0 Å². The average Bonchev–Trinajstić information content (AvgIpc) is 2.21. The van der Waals surface area contributed by atoms with Gasteiger partial charge in [0.1, 0.15) is 13.2 Å². The van der Waals surface area contributed by atoms with E-state index in [9.17, 15) is 13.6 Å². The highest BCUT2D eigenvalue weighted by Gasteiger charge is 2.08. The second-order valence-corrected chi connectivity index (χ2v) is 3.62. The zero-order valence-corrected chi connectivity index (χ0v) is 9.51. The molecule has 0 radical (unpaired) electrons. The maximum atomic E-state index is 11.7. The molecule has 1 amide bonds. The third-order valence-corrected chi connectivity index (χ3v) is 2.00. The Morgan fingerprint density at radius 3 is 2.82 bits per heavy atom. The predicted molar refractivity (Wildman–Crippen MR) is 61.3 cm³/mol. The monoisotopic (exact) mass is 264 g/mol. The van der Waals surface area contributed by atoms with Crippen molar-refractivity contribution < 1.29 is 18.3 Å². The highest BCUT2D eigenvalue weighted by Crippen LogP contribution is 2.22. The van der Waals surface area contributed by atoms with Crippen molar-refractivity contribution in [3.05, 3.63) is 23.2 Å². The summed E-state index contributed by atoms with van der Waals surface area (Å²) in [4.78, 5) is 11.3. The van der Waals surface area contributed by atoms with Crippen molar-refractivity contribution in [3.63, 3.8) is 0 Å². The number of rotatable bonds is 5. The second kappa shape index (κ2) is 6.36. The summed E-state index contributed by atoms with van der Waals surface area (Å²) < 4.78 is 27.9. The van der Waals surface area contributed by atoms with E-state index in [1.165, 1.54) is 12.1 Å². The van der Waals surface area contributed by atoms with Crippen molar-refractivity contribution >= 4 is 28.9 Å². The number of anilines is 2. The fraction of sp³-hybridized carbons (Fsp3) is 0.300. The molecule has 1 rings (SSSR count). The molecule has 0 aromatic heterocycles. The number of nitrogen functional groups attached to an aromatic ring is 1. The number of alkyl halides is 2. The van der Waals surface area contributed by atoms with Crippen LogP contribution in [0.4, 0.5) is 20.2 Å². The largest absolute Gasteiger partial charge is 0.397 e. The van der Waals surface area contributed by atoms with Gasteiger partial charge < -0.3 is 15.8 Å². The fourth-order valence-electron chi connectivity index (χ4n) is 1.07. The summed E-state index contributed by atoms with van der Waals surface area (Å²) in [5, 5.41) is 2.86. The maximum Gasteiger partial charge on any atom is 0.261 e. The first-order valence-electron chi connectivity index (χ1n) is 4.70. The predicted octanol–water partition coefficient (Wildman–Crippen LogP) is 2.14. The molecule has 0 bridgehead atoms. The maximum absolute atomic E-state index is 11.7. The topological polar surface area (TPSA) is 64.3 Å². The lowest BCUT2D eigenvalue weighted by molar-refractivity contribution is -0.121. The van der Waals surface area contributed by atoms with E-state index in [2.05, 4.69) is 10.1 Å². The first-order valence-corrected chi connectivity index (χ1v) is 5.07. The minimum Gasteiger partial charge on any atom is -0.397 e. The number of hydrogen-bond donors (Lipinski definition) is 2. The number of carbonyl (C=O) groups is 1.